The van der Waals surface area contributed by atoms with Crippen molar-refractivity contribution in [3.63, 3.8) is 0 Å². The lowest BCUT2D eigenvalue weighted by molar-refractivity contribution is 0.294. The average molecular weight is 456 g/mol. The second-order valence-corrected chi connectivity index (χ2v) is 10.3. The number of hydrogen-bond donors (Lipinski definition) is 0. The lowest BCUT2D eigenvalue weighted by Gasteiger charge is -2.25. The molecular weight excluding hydrogens is 422 g/mol. The quantitative estimate of drug-likeness (QED) is 0.488. The van der Waals surface area contributed by atoms with Gasteiger partial charge in [-0.1, -0.05) is 20.3 Å². The van der Waals surface area contributed by atoms with E-state index < -0.39 is 10.0 Å². The summed E-state index contributed by atoms with van der Waals surface area (Å²) < 4.78 is 30.2. The van der Waals surface area contributed by atoms with Crippen LogP contribution in [-0.4, -0.2) is 64.9 Å². The van der Waals surface area contributed by atoms with Gasteiger partial charge in [0, 0.05) is 37.6 Å². The summed E-state index contributed by atoms with van der Waals surface area (Å²) in [5, 5.41) is 0. The summed E-state index contributed by atoms with van der Waals surface area (Å²) in [5.41, 5.74) is 2.67. The lowest BCUT2D eigenvalue weighted by Crippen LogP contribution is -2.35. The van der Waals surface area contributed by atoms with Crippen molar-refractivity contribution in [2.24, 2.45) is 0 Å². The molecule has 0 unspecified atom stereocenters. The number of imidazole rings is 1. The van der Waals surface area contributed by atoms with E-state index in [4.69, 9.17) is 4.98 Å². The Kier molecular flexibility index (Phi) is 7.23. The minimum atomic E-state index is -3.49. The molecule has 0 spiro atoms. The van der Waals surface area contributed by atoms with Gasteiger partial charge in [-0.2, -0.15) is 4.31 Å². The molecule has 3 heterocycles. The van der Waals surface area contributed by atoms with E-state index in [0.29, 0.717) is 18.0 Å². The third kappa shape index (κ3) is 4.72. The van der Waals surface area contributed by atoms with Crippen LogP contribution in [0.25, 0.3) is 22.4 Å². The highest BCUT2D eigenvalue weighted by atomic mass is 32.2. The maximum Gasteiger partial charge on any atom is 0.243 e. The molecule has 3 aromatic rings. The van der Waals surface area contributed by atoms with Gasteiger partial charge in [-0.05, 0) is 69.2 Å². The molecule has 1 aliphatic rings. The molecule has 0 atom stereocenters. The van der Waals surface area contributed by atoms with Crippen LogP contribution in [0.5, 0.6) is 0 Å². The fourth-order valence-corrected chi connectivity index (χ4v) is 6.00. The van der Waals surface area contributed by atoms with E-state index in [2.05, 4.69) is 28.3 Å². The molecule has 1 fully saturated rings. The van der Waals surface area contributed by atoms with Gasteiger partial charge in [0.15, 0.2) is 0 Å². The van der Waals surface area contributed by atoms with Crippen LogP contribution in [-0.2, 0) is 16.6 Å². The van der Waals surface area contributed by atoms with Crippen LogP contribution in [0.15, 0.2) is 47.6 Å². The molecule has 0 saturated carbocycles. The number of rotatable bonds is 9. The molecule has 0 bridgehead atoms. The minimum Gasteiger partial charge on any atom is -0.324 e. The summed E-state index contributed by atoms with van der Waals surface area (Å²) in [6, 6.07) is 9.30. The van der Waals surface area contributed by atoms with Gasteiger partial charge in [-0.25, -0.2) is 13.4 Å². The molecule has 2 aromatic heterocycles. The first-order valence-electron chi connectivity index (χ1n) is 11.7. The normalized spacial score (nSPS) is 15.6. The van der Waals surface area contributed by atoms with Crippen molar-refractivity contribution in [1.82, 2.24) is 23.7 Å². The highest BCUT2D eigenvalue weighted by molar-refractivity contribution is 7.89. The third-order valence-electron chi connectivity index (χ3n) is 6.36. The summed E-state index contributed by atoms with van der Waals surface area (Å²) >= 11 is 0. The first-order chi connectivity index (χ1) is 15.5. The van der Waals surface area contributed by atoms with Gasteiger partial charge in [0.25, 0.3) is 0 Å². The van der Waals surface area contributed by atoms with Gasteiger partial charge >= 0.3 is 0 Å². The Balaban J connectivity index is 1.70. The van der Waals surface area contributed by atoms with Crippen LogP contribution in [0.1, 0.15) is 39.5 Å². The summed E-state index contributed by atoms with van der Waals surface area (Å²) in [6.07, 6.45) is 7.48. The third-order valence-corrected chi connectivity index (χ3v) is 8.26. The Morgan fingerprint density at radius 1 is 1.00 bits per heavy atom. The predicted molar refractivity (Wildman–Crippen MR) is 128 cm³/mol. The summed E-state index contributed by atoms with van der Waals surface area (Å²) in [7, 11) is -3.49. The molecule has 1 saturated heterocycles. The zero-order valence-electron chi connectivity index (χ0n) is 19.1. The topological polar surface area (TPSA) is 71.3 Å². The maximum absolute atomic E-state index is 13.2. The number of hydrogen-bond acceptors (Lipinski definition) is 5. The molecule has 4 rings (SSSR count). The molecule has 1 aromatic carbocycles. The van der Waals surface area contributed by atoms with Crippen molar-refractivity contribution in [3.8, 4) is 11.4 Å². The zero-order chi connectivity index (χ0) is 22.6. The second kappa shape index (κ2) is 10.1. The number of pyridine rings is 1. The van der Waals surface area contributed by atoms with Crippen molar-refractivity contribution in [2.45, 2.75) is 51.0 Å². The predicted octanol–water partition coefficient (Wildman–Crippen LogP) is 4.00. The van der Waals surface area contributed by atoms with Crippen molar-refractivity contribution >= 4 is 21.1 Å². The monoisotopic (exact) mass is 455 g/mol. The van der Waals surface area contributed by atoms with Crippen molar-refractivity contribution in [1.29, 1.82) is 0 Å². The standard InChI is InChI=1S/C24H33N5O2S/c1-3-27(4-2)15-8-18-29-23-10-9-21(32(30,31)28-16-6-5-7-17-28)19-22(23)26-24(29)20-11-13-25-14-12-20/h9-14,19H,3-8,15-18H2,1-2H3. The van der Waals surface area contributed by atoms with Gasteiger partial charge < -0.3 is 9.47 Å². The highest BCUT2D eigenvalue weighted by Crippen LogP contribution is 2.28. The molecule has 0 aliphatic carbocycles. The van der Waals surface area contributed by atoms with E-state index in [0.717, 1.165) is 74.3 Å². The molecule has 0 N–H and O–H groups in total. The Morgan fingerprint density at radius 3 is 2.41 bits per heavy atom. The Bertz CT molecular complexity index is 1130. The zero-order valence-corrected chi connectivity index (χ0v) is 19.9. The highest BCUT2D eigenvalue weighted by Gasteiger charge is 2.27. The molecule has 7 nitrogen and oxygen atoms in total. The molecule has 8 heteroatoms. The Morgan fingerprint density at radius 2 is 1.72 bits per heavy atom. The number of nitrogens with zero attached hydrogens (tertiary/aromatic N) is 5. The van der Waals surface area contributed by atoms with Crippen LogP contribution >= 0.6 is 0 Å². The van der Waals surface area contributed by atoms with E-state index in [-0.39, 0.29) is 0 Å². The van der Waals surface area contributed by atoms with E-state index >= 15 is 0 Å². The van der Waals surface area contributed by atoms with E-state index in [1.807, 2.05) is 18.2 Å². The summed E-state index contributed by atoms with van der Waals surface area (Å²) in [5.74, 6) is 0.856. The van der Waals surface area contributed by atoms with Crippen molar-refractivity contribution in [3.05, 3.63) is 42.7 Å². The molecular formula is C24H33N5O2S. The fraction of sp³-hybridized carbons (Fsp3) is 0.500. The number of sulfonamides is 1. The van der Waals surface area contributed by atoms with E-state index in [9.17, 15) is 8.42 Å². The average Bonchev–Trinajstić information content (AvgIpc) is 3.21. The molecule has 32 heavy (non-hydrogen) atoms. The number of aromatic nitrogens is 3. The SMILES string of the molecule is CCN(CC)CCCn1c(-c2ccncc2)nc2cc(S(=O)(=O)N3CCCCC3)ccc21. The van der Waals surface area contributed by atoms with Gasteiger partial charge in [-0.15, -0.1) is 0 Å². The summed E-state index contributed by atoms with van der Waals surface area (Å²) in [6.45, 7) is 9.48. The Labute approximate surface area is 191 Å². The fourth-order valence-electron chi connectivity index (χ4n) is 4.46. The van der Waals surface area contributed by atoms with Crippen molar-refractivity contribution < 1.29 is 8.42 Å². The molecule has 0 radical (unpaired) electrons. The molecule has 0 amide bonds. The minimum absolute atomic E-state index is 0.334. The molecule has 1 aliphatic heterocycles. The number of aryl methyl sites for hydroxylation is 1. The van der Waals surface area contributed by atoms with Crippen LogP contribution in [0.3, 0.4) is 0 Å². The maximum atomic E-state index is 13.2. The second-order valence-electron chi connectivity index (χ2n) is 8.32. The number of benzene rings is 1. The van der Waals surface area contributed by atoms with Gasteiger partial charge in [-0.3, -0.25) is 4.98 Å². The van der Waals surface area contributed by atoms with Crippen LogP contribution in [0, 0.1) is 0 Å². The van der Waals surface area contributed by atoms with Crippen LogP contribution < -0.4 is 0 Å². The Hall–Kier alpha value is -2.29. The van der Waals surface area contributed by atoms with Gasteiger partial charge in [0.05, 0.1) is 15.9 Å². The van der Waals surface area contributed by atoms with E-state index in [1.165, 1.54) is 0 Å². The first kappa shape index (κ1) is 22.9. The number of piperidine rings is 1. The molecule has 172 valence electrons. The first-order valence-corrected chi connectivity index (χ1v) is 13.1. The smallest absolute Gasteiger partial charge is 0.243 e. The largest absolute Gasteiger partial charge is 0.324 e. The van der Waals surface area contributed by atoms with Crippen LogP contribution in [0.2, 0.25) is 0 Å². The van der Waals surface area contributed by atoms with Gasteiger partial charge in [0.1, 0.15) is 5.82 Å². The van der Waals surface area contributed by atoms with Gasteiger partial charge in [0.2, 0.25) is 10.0 Å². The lowest BCUT2D eigenvalue weighted by atomic mass is 10.2. The number of fused-ring (bicyclic) bond motifs is 1. The van der Waals surface area contributed by atoms with E-state index in [1.54, 1.807) is 28.8 Å². The van der Waals surface area contributed by atoms with Crippen molar-refractivity contribution in [2.75, 3.05) is 32.7 Å². The summed E-state index contributed by atoms with van der Waals surface area (Å²) in [4.78, 5) is 11.8. The van der Waals surface area contributed by atoms with Crippen LogP contribution in [0.4, 0.5) is 0 Å².